The fourth-order valence-corrected chi connectivity index (χ4v) is 2.37. The van der Waals surface area contributed by atoms with Crippen LogP contribution < -0.4 is 11.1 Å². The Kier molecular flexibility index (Phi) is 4.18. The maximum atomic E-state index is 11.9. The molecule has 4 heteroatoms. The highest BCUT2D eigenvalue weighted by Crippen LogP contribution is 2.32. The Bertz CT molecular complexity index is 404. The number of carbonyl (C=O) groups excluding carboxylic acids is 1. The molecule has 0 aliphatic heterocycles. The molecule has 1 aliphatic carbocycles. The molecular formula is C13H17BrN2O. The van der Waals surface area contributed by atoms with Crippen molar-refractivity contribution in [1.82, 2.24) is 5.32 Å². The fourth-order valence-electron chi connectivity index (χ4n) is 1.94. The number of nitrogens with two attached hydrogens (primary N) is 1. The van der Waals surface area contributed by atoms with Gasteiger partial charge in [0, 0.05) is 17.1 Å². The number of benzene rings is 1. The summed E-state index contributed by atoms with van der Waals surface area (Å²) in [7, 11) is 0. The average molecular weight is 297 g/mol. The summed E-state index contributed by atoms with van der Waals surface area (Å²) >= 11 is 3.44. The monoisotopic (exact) mass is 296 g/mol. The SMILES string of the molecule is NCC(NC(=O)Cc1ccccc1Br)C1CC1. The van der Waals surface area contributed by atoms with E-state index in [1.165, 1.54) is 12.8 Å². The van der Waals surface area contributed by atoms with Crippen molar-refractivity contribution < 1.29 is 4.79 Å². The van der Waals surface area contributed by atoms with Crippen molar-refractivity contribution in [2.45, 2.75) is 25.3 Å². The minimum atomic E-state index is 0.0549. The van der Waals surface area contributed by atoms with E-state index in [1.807, 2.05) is 24.3 Å². The number of hydrogen-bond acceptors (Lipinski definition) is 2. The molecule has 1 fully saturated rings. The van der Waals surface area contributed by atoms with Crippen LogP contribution in [0.2, 0.25) is 0 Å². The molecule has 2 rings (SSSR count). The molecule has 92 valence electrons. The van der Waals surface area contributed by atoms with Gasteiger partial charge < -0.3 is 11.1 Å². The van der Waals surface area contributed by atoms with Crippen molar-refractivity contribution in [2.24, 2.45) is 11.7 Å². The van der Waals surface area contributed by atoms with Crippen LogP contribution in [-0.4, -0.2) is 18.5 Å². The van der Waals surface area contributed by atoms with Gasteiger partial charge >= 0.3 is 0 Å². The Morgan fingerprint density at radius 3 is 2.76 bits per heavy atom. The lowest BCUT2D eigenvalue weighted by Crippen LogP contribution is -2.42. The molecule has 0 bridgehead atoms. The summed E-state index contributed by atoms with van der Waals surface area (Å²) in [6.07, 6.45) is 2.79. The molecule has 1 aromatic carbocycles. The van der Waals surface area contributed by atoms with E-state index < -0.39 is 0 Å². The van der Waals surface area contributed by atoms with Gasteiger partial charge in [0.1, 0.15) is 0 Å². The van der Waals surface area contributed by atoms with Crippen molar-refractivity contribution >= 4 is 21.8 Å². The third-order valence-corrected chi connectivity index (χ3v) is 3.87. The fraction of sp³-hybridized carbons (Fsp3) is 0.462. The molecule has 1 saturated carbocycles. The lowest BCUT2D eigenvalue weighted by atomic mass is 10.1. The maximum Gasteiger partial charge on any atom is 0.224 e. The number of carbonyl (C=O) groups is 1. The van der Waals surface area contributed by atoms with Crippen LogP contribution in [0, 0.1) is 5.92 Å². The van der Waals surface area contributed by atoms with E-state index >= 15 is 0 Å². The van der Waals surface area contributed by atoms with Crippen molar-refractivity contribution in [3.8, 4) is 0 Å². The van der Waals surface area contributed by atoms with Crippen LogP contribution in [-0.2, 0) is 11.2 Å². The van der Waals surface area contributed by atoms with Crippen LogP contribution in [0.3, 0.4) is 0 Å². The van der Waals surface area contributed by atoms with E-state index in [9.17, 15) is 4.79 Å². The zero-order valence-electron chi connectivity index (χ0n) is 9.66. The number of hydrogen-bond donors (Lipinski definition) is 2. The summed E-state index contributed by atoms with van der Waals surface area (Å²) in [6, 6.07) is 7.94. The zero-order valence-corrected chi connectivity index (χ0v) is 11.2. The second-order valence-corrected chi connectivity index (χ2v) is 5.37. The molecule has 1 atom stereocenters. The molecule has 1 aromatic rings. The first-order valence-electron chi connectivity index (χ1n) is 5.93. The van der Waals surface area contributed by atoms with Crippen LogP contribution in [0.15, 0.2) is 28.7 Å². The molecule has 0 heterocycles. The quantitative estimate of drug-likeness (QED) is 0.871. The Morgan fingerprint density at radius 2 is 2.18 bits per heavy atom. The second-order valence-electron chi connectivity index (χ2n) is 4.52. The largest absolute Gasteiger partial charge is 0.352 e. The highest BCUT2D eigenvalue weighted by Gasteiger charge is 2.31. The van der Waals surface area contributed by atoms with Crippen LogP contribution in [0.25, 0.3) is 0 Å². The van der Waals surface area contributed by atoms with Crippen molar-refractivity contribution in [2.75, 3.05) is 6.54 Å². The molecule has 0 saturated heterocycles. The molecule has 1 amide bonds. The summed E-state index contributed by atoms with van der Waals surface area (Å²) in [6.45, 7) is 0.534. The summed E-state index contributed by atoms with van der Waals surface area (Å²) in [5.41, 5.74) is 6.67. The Morgan fingerprint density at radius 1 is 1.47 bits per heavy atom. The number of rotatable bonds is 5. The number of nitrogens with one attached hydrogen (secondary N) is 1. The topological polar surface area (TPSA) is 55.1 Å². The first-order chi connectivity index (χ1) is 8.20. The van der Waals surface area contributed by atoms with E-state index in [0.29, 0.717) is 18.9 Å². The minimum absolute atomic E-state index is 0.0549. The highest BCUT2D eigenvalue weighted by molar-refractivity contribution is 9.10. The Hall–Kier alpha value is -0.870. The predicted octanol–water partition coefficient (Wildman–Crippen LogP) is 1.85. The summed E-state index contributed by atoms with van der Waals surface area (Å²) < 4.78 is 0.978. The van der Waals surface area contributed by atoms with Crippen LogP contribution in [0.1, 0.15) is 18.4 Å². The molecule has 1 unspecified atom stereocenters. The van der Waals surface area contributed by atoms with E-state index in [2.05, 4.69) is 21.2 Å². The van der Waals surface area contributed by atoms with Crippen LogP contribution in [0.5, 0.6) is 0 Å². The predicted molar refractivity (Wildman–Crippen MR) is 71.6 cm³/mol. The van der Waals surface area contributed by atoms with Gasteiger partial charge in [-0.25, -0.2) is 0 Å². The third-order valence-electron chi connectivity index (χ3n) is 3.10. The lowest BCUT2D eigenvalue weighted by molar-refractivity contribution is -0.121. The molecule has 3 N–H and O–H groups in total. The van der Waals surface area contributed by atoms with Gasteiger partial charge in [-0.15, -0.1) is 0 Å². The maximum absolute atomic E-state index is 11.9. The van der Waals surface area contributed by atoms with E-state index in [1.54, 1.807) is 0 Å². The molecule has 0 radical (unpaired) electrons. The van der Waals surface area contributed by atoms with Crippen LogP contribution in [0.4, 0.5) is 0 Å². The number of amides is 1. The molecule has 0 spiro atoms. The molecular weight excluding hydrogens is 280 g/mol. The second kappa shape index (κ2) is 5.65. The first-order valence-corrected chi connectivity index (χ1v) is 6.73. The standard InChI is InChI=1S/C13H17BrN2O/c14-11-4-2-1-3-10(11)7-13(17)16-12(8-15)9-5-6-9/h1-4,9,12H,5-8,15H2,(H,16,17). The Balaban J connectivity index is 1.90. The lowest BCUT2D eigenvalue weighted by Gasteiger charge is -2.16. The summed E-state index contributed by atoms with van der Waals surface area (Å²) in [4.78, 5) is 11.9. The van der Waals surface area contributed by atoms with Crippen molar-refractivity contribution in [1.29, 1.82) is 0 Å². The third kappa shape index (κ3) is 3.54. The summed E-state index contributed by atoms with van der Waals surface area (Å²) in [5.74, 6) is 0.655. The van der Waals surface area contributed by atoms with Gasteiger partial charge in [0.15, 0.2) is 0 Å². The van der Waals surface area contributed by atoms with Gasteiger partial charge in [-0.05, 0) is 30.4 Å². The van der Waals surface area contributed by atoms with E-state index in [-0.39, 0.29) is 11.9 Å². The molecule has 3 nitrogen and oxygen atoms in total. The van der Waals surface area contributed by atoms with Crippen LogP contribution >= 0.6 is 15.9 Å². The van der Waals surface area contributed by atoms with Crippen molar-refractivity contribution in [3.63, 3.8) is 0 Å². The highest BCUT2D eigenvalue weighted by atomic mass is 79.9. The number of halogens is 1. The normalized spacial score (nSPS) is 16.6. The van der Waals surface area contributed by atoms with Gasteiger partial charge in [0.25, 0.3) is 0 Å². The zero-order chi connectivity index (χ0) is 12.3. The van der Waals surface area contributed by atoms with Crippen molar-refractivity contribution in [3.05, 3.63) is 34.3 Å². The van der Waals surface area contributed by atoms with Gasteiger partial charge in [0.05, 0.1) is 6.42 Å². The van der Waals surface area contributed by atoms with Gasteiger partial charge in [0.2, 0.25) is 5.91 Å². The van der Waals surface area contributed by atoms with Gasteiger partial charge in [-0.3, -0.25) is 4.79 Å². The van der Waals surface area contributed by atoms with E-state index in [4.69, 9.17) is 5.73 Å². The van der Waals surface area contributed by atoms with Gasteiger partial charge in [-0.1, -0.05) is 34.1 Å². The smallest absolute Gasteiger partial charge is 0.224 e. The first kappa shape index (κ1) is 12.6. The Labute approximate surface area is 110 Å². The molecule has 0 aromatic heterocycles. The summed E-state index contributed by atoms with van der Waals surface area (Å²) in [5, 5.41) is 3.02. The molecule has 17 heavy (non-hydrogen) atoms. The molecule has 1 aliphatic rings. The van der Waals surface area contributed by atoms with E-state index in [0.717, 1.165) is 10.0 Å². The minimum Gasteiger partial charge on any atom is -0.352 e. The van der Waals surface area contributed by atoms with Gasteiger partial charge in [-0.2, -0.15) is 0 Å². The average Bonchev–Trinajstić information content (AvgIpc) is 3.13.